The van der Waals surface area contributed by atoms with Crippen LogP contribution in [0.25, 0.3) is 0 Å². The normalized spacial score (nSPS) is 17.9. The van der Waals surface area contributed by atoms with Crippen molar-refractivity contribution < 1.29 is 9.18 Å². The summed E-state index contributed by atoms with van der Waals surface area (Å²) in [5.74, 6) is 0.561. The summed E-state index contributed by atoms with van der Waals surface area (Å²) < 4.78 is 13.1. The van der Waals surface area contributed by atoms with Crippen molar-refractivity contribution in [3.63, 3.8) is 0 Å². The van der Waals surface area contributed by atoms with Crippen molar-refractivity contribution in [3.05, 3.63) is 48.2 Å². The number of carbonyl (C=O) groups is 1. The third-order valence-corrected chi connectivity index (χ3v) is 5.30. The minimum Gasteiger partial charge on any atom is -0.368 e. The largest absolute Gasteiger partial charge is 0.368 e. The molecule has 7 heteroatoms. The van der Waals surface area contributed by atoms with Gasteiger partial charge in [-0.1, -0.05) is 0 Å². The molecule has 142 valence electrons. The van der Waals surface area contributed by atoms with Crippen LogP contribution in [0.5, 0.6) is 0 Å². The fourth-order valence-electron chi connectivity index (χ4n) is 3.70. The van der Waals surface area contributed by atoms with Gasteiger partial charge in [-0.25, -0.2) is 14.4 Å². The molecule has 27 heavy (non-hydrogen) atoms. The highest BCUT2D eigenvalue weighted by atomic mass is 19.1. The van der Waals surface area contributed by atoms with Crippen molar-refractivity contribution in [2.24, 2.45) is 0 Å². The molecule has 0 saturated carbocycles. The van der Waals surface area contributed by atoms with Crippen LogP contribution in [0.15, 0.2) is 36.7 Å². The van der Waals surface area contributed by atoms with Crippen molar-refractivity contribution in [1.29, 1.82) is 0 Å². The van der Waals surface area contributed by atoms with Crippen LogP contribution in [0.2, 0.25) is 0 Å². The monoisotopic (exact) mass is 369 g/mol. The molecule has 2 aliphatic rings. The Morgan fingerprint density at radius 3 is 2.11 bits per heavy atom. The van der Waals surface area contributed by atoms with Gasteiger partial charge in [0, 0.05) is 45.0 Å². The molecule has 1 aromatic carbocycles. The maximum Gasteiger partial charge on any atom is 0.274 e. The van der Waals surface area contributed by atoms with Crippen molar-refractivity contribution >= 4 is 17.4 Å². The molecule has 2 aliphatic heterocycles. The highest BCUT2D eigenvalue weighted by molar-refractivity contribution is 5.92. The van der Waals surface area contributed by atoms with Gasteiger partial charge in [0.15, 0.2) is 0 Å². The molecule has 0 atom stereocenters. The third kappa shape index (κ3) is 4.02. The lowest BCUT2D eigenvalue weighted by atomic mass is 10.1. The Morgan fingerprint density at radius 1 is 0.815 bits per heavy atom. The van der Waals surface area contributed by atoms with Gasteiger partial charge in [-0.05, 0) is 43.5 Å². The fourth-order valence-corrected chi connectivity index (χ4v) is 3.70. The molecule has 0 aliphatic carbocycles. The number of amides is 1. The van der Waals surface area contributed by atoms with Crippen LogP contribution in [-0.2, 0) is 0 Å². The van der Waals surface area contributed by atoms with Crippen molar-refractivity contribution in [1.82, 2.24) is 14.9 Å². The molecule has 0 spiro atoms. The Labute approximate surface area is 158 Å². The quantitative estimate of drug-likeness (QED) is 0.832. The average molecular weight is 369 g/mol. The van der Waals surface area contributed by atoms with Gasteiger partial charge in [0.25, 0.3) is 5.91 Å². The number of piperidine rings is 1. The highest BCUT2D eigenvalue weighted by Gasteiger charge is 2.22. The number of carbonyl (C=O) groups excluding carboxylic acids is 1. The molecule has 0 N–H and O–H groups in total. The van der Waals surface area contributed by atoms with Crippen LogP contribution in [0.1, 0.15) is 29.8 Å². The lowest BCUT2D eigenvalue weighted by Crippen LogP contribution is -2.47. The number of benzene rings is 1. The van der Waals surface area contributed by atoms with E-state index < -0.39 is 0 Å². The van der Waals surface area contributed by atoms with Crippen LogP contribution >= 0.6 is 0 Å². The van der Waals surface area contributed by atoms with Crippen LogP contribution < -0.4 is 9.80 Å². The van der Waals surface area contributed by atoms with Crippen LogP contribution in [0.4, 0.5) is 15.9 Å². The van der Waals surface area contributed by atoms with Crippen LogP contribution in [0.3, 0.4) is 0 Å². The number of anilines is 2. The summed E-state index contributed by atoms with van der Waals surface area (Å²) in [6.45, 7) is 4.92. The first-order valence-electron chi connectivity index (χ1n) is 9.57. The standard InChI is InChI=1S/C20H24FN5O/c21-16-4-6-17(7-5-16)24-10-12-25(13-11-24)19-15-22-18(14-23-19)20(27)26-8-2-1-3-9-26/h4-7,14-15H,1-3,8-13H2. The molecule has 4 rings (SSSR count). The first-order chi connectivity index (χ1) is 13.2. The van der Waals surface area contributed by atoms with Crippen molar-refractivity contribution in [2.75, 3.05) is 49.1 Å². The molecule has 0 radical (unpaired) electrons. The van der Waals surface area contributed by atoms with Crippen LogP contribution in [-0.4, -0.2) is 60.0 Å². The van der Waals surface area contributed by atoms with Gasteiger partial charge >= 0.3 is 0 Å². The van der Waals surface area contributed by atoms with E-state index in [2.05, 4.69) is 19.8 Å². The number of halogens is 1. The van der Waals surface area contributed by atoms with Gasteiger partial charge in [0.2, 0.25) is 0 Å². The predicted molar refractivity (Wildman–Crippen MR) is 103 cm³/mol. The summed E-state index contributed by atoms with van der Waals surface area (Å²) in [4.78, 5) is 27.6. The molecule has 1 aromatic heterocycles. The SMILES string of the molecule is O=C(c1cnc(N2CCN(c3ccc(F)cc3)CC2)cn1)N1CCCCC1. The van der Waals surface area contributed by atoms with E-state index in [1.54, 1.807) is 12.4 Å². The Hall–Kier alpha value is -2.70. The molecule has 3 heterocycles. The van der Waals surface area contributed by atoms with E-state index in [1.165, 1.54) is 18.6 Å². The summed E-state index contributed by atoms with van der Waals surface area (Å²) in [6, 6.07) is 6.61. The second-order valence-electron chi connectivity index (χ2n) is 7.06. The van der Waals surface area contributed by atoms with Gasteiger partial charge in [-0.2, -0.15) is 0 Å². The zero-order chi connectivity index (χ0) is 18.6. The van der Waals surface area contributed by atoms with E-state index in [0.29, 0.717) is 5.69 Å². The van der Waals surface area contributed by atoms with E-state index in [-0.39, 0.29) is 11.7 Å². The minimum absolute atomic E-state index is 0.0186. The molecule has 2 aromatic rings. The van der Waals surface area contributed by atoms with Gasteiger partial charge in [0.05, 0.1) is 12.4 Å². The molecule has 2 fully saturated rings. The Bertz CT molecular complexity index is 766. The number of hydrogen-bond donors (Lipinski definition) is 0. The number of aromatic nitrogens is 2. The van der Waals surface area contributed by atoms with E-state index in [1.807, 2.05) is 17.0 Å². The van der Waals surface area contributed by atoms with Gasteiger partial charge in [-0.3, -0.25) is 4.79 Å². The Kier molecular flexibility index (Phi) is 5.18. The van der Waals surface area contributed by atoms with E-state index >= 15 is 0 Å². The summed E-state index contributed by atoms with van der Waals surface area (Å²) in [5, 5.41) is 0. The number of piperazine rings is 1. The Morgan fingerprint density at radius 2 is 1.48 bits per heavy atom. The summed E-state index contributed by atoms with van der Waals surface area (Å²) in [5.41, 5.74) is 1.45. The molecular weight excluding hydrogens is 345 g/mol. The number of nitrogens with zero attached hydrogens (tertiary/aromatic N) is 5. The van der Waals surface area contributed by atoms with E-state index in [9.17, 15) is 9.18 Å². The molecule has 0 bridgehead atoms. The van der Waals surface area contributed by atoms with Crippen molar-refractivity contribution in [2.45, 2.75) is 19.3 Å². The van der Waals surface area contributed by atoms with Crippen molar-refractivity contribution in [3.8, 4) is 0 Å². The predicted octanol–water partition coefficient (Wildman–Crippen LogP) is 2.57. The van der Waals surface area contributed by atoms with E-state index in [4.69, 9.17) is 0 Å². The first kappa shape index (κ1) is 17.7. The first-order valence-corrected chi connectivity index (χ1v) is 9.57. The lowest BCUT2D eigenvalue weighted by molar-refractivity contribution is 0.0718. The second-order valence-corrected chi connectivity index (χ2v) is 7.06. The highest BCUT2D eigenvalue weighted by Crippen LogP contribution is 2.19. The maximum atomic E-state index is 13.1. The second kappa shape index (κ2) is 7.90. The van der Waals surface area contributed by atoms with Gasteiger partial charge in [0.1, 0.15) is 17.3 Å². The summed E-state index contributed by atoms with van der Waals surface area (Å²) >= 11 is 0. The van der Waals surface area contributed by atoms with Gasteiger partial charge < -0.3 is 14.7 Å². The Balaban J connectivity index is 1.36. The summed E-state index contributed by atoms with van der Waals surface area (Å²) in [6.07, 6.45) is 6.62. The average Bonchev–Trinajstić information content (AvgIpc) is 2.75. The van der Waals surface area contributed by atoms with E-state index in [0.717, 1.165) is 63.6 Å². The maximum absolute atomic E-state index is 13.1. The lowest BCUT2D eigenvalue weighted by Gasteiger charge is -2.36. The zero-order valence-corrected chi connectivity index (χ0v) is 15.4. The fraction of sp³-hybridized carbons (Fsp3) is 0.450. The number of likely N-dealkylation sites (tertiary alicyclic amines) is 1. The van der Waals surface area contributed by atoms with Gasteiger partial charge in [-0.15, -0.1) is 0 Å². The molecule has 6 nitrogen and oxygen atoms in total. The third-order valence-electron chi connectivity index (χ3n) is 5.30. The smallest absolute Gasteiger partial charge is 0.274 e. The number of hydrogen-bond acceptors (Lipinski definition) is 5. The molecular formula is C20H24FN5O. The topological polar surface area (TPSA) is 52.6 Å². The minimum atomic E-state index is -0.216. The number of rotatable bonds is 3. The molecule has 1 amide bonds. The zero-order valence-electron chi connectivity index (χ0n) is 15.4. The summed E-state index contributed by atoms with van der Waals surface area (Å²) in [7, 11) is 0. The van der Waals surface area contributed by atoms with Crippen LogP contribution in [0, 0.1) is 5.82 Å². The molecule has 2 saturated heterocycles. The molecule has 0 unspecified atom stereocenters.